The van der Waals surface area contributed by atoms with Crippen LogP contribution in [0.3, 0.4) is 0 Å². The summed E-state index contributed by atoms with van der Waals surface area (Å²) >= 11 is 0. The van der Waals surface area contributed by atoms with E-state index in [9.17, 15) is 0 Å². The lowest BCUT2D eigenvalue weighted by atomic mass is 10.2. The zero-order chi connectivity index (χ0) is 5.70. The van der Waals surface area contributed by atoms with E-state index in [1.807, 2.05) is 6.54 Å². The minimum Gasteiger partial charge on any atom is -0.318 e. The van der Waals surface area contributed by atoms with Gasteiger partial charge in [0.1, 0.15) is 0 Å². The molecule has 0 aliphatic heterocycles. The molecule has 2 nitrogen and oxygen atoms in total. The molecular weight excluding hydrogens is 88.1 g/mol. The molecule has 43 valence electrons. The van der Waals surface area contributed by atoms with Gasteiger partial charge in [-0.3, -0.25) is 0 Å². The van der Waals surface area contributed by atoms with E-state index in [1.54, 1.807) is 0 Å². The molecule has 0 aliphatic rings. The Morgan fingerprint density at radius 2 is 2.29 bits per heavy atom. The molecule has 2 heteroatoms. The topological polar surface area (TPSA) is 38.0 Å². The maximum Gasteiger partial charge on any atom is 0.0431 e. The average molecular weight is 101 g/mol. The minimum absolute atomic E-state index is 0.540. The van der Waals surface area contributed by atoms with Crippen molar-refractivity contribution in [2.45, 2.75) is 13.8 Å². The molecule has 0 heterocycles. The van der Waals surface area contributed by atoms with Crippen LogP contribution >= 0.6 is 0 Å². The van der Waals surface area contributed by atoms with Crippen molar-refractivity contribution >= 4 is 0 Å². The molecule has 0 bridgehead atoms. The summed E-state index contributed by atoms with van der Waals surface area (Å²) in [6, 6.07) is 0. The molecule has 0 fully saturated rings. The zero-order valence-corrected chi connectivity index (χ0v) is 4.94. The van der Waals surface area contributed by atoms with Crippen LogP contribution in [0.4, 0.5) is 0 Å². The largest absolute Gasteiger partial charge is 0.318 e. The highest BCUT2D eigenvalue weighted by Crippen LogP contribution is 1.90. The van der Waals surface area contributed by atoms with Crippen LogP contribution in [0.5, 0.6) is 0 Å². The van der Waals surface area contributed by atoms with Crippen LogP contribution < -0.4 is 11.1 Å². The molecule has 3 N–H and O–H groups in total. The van der Waals surface area contributed by atoms with Gasteiger partial charge in [0.2, 0.25) is 0 Å². The number of hydrogen-bond donors (Lipinski definition) is 2. The van der Waals surface area contributed by atoms with E-state index < -0.39 is 0 Å². The highest BCUT2D eigenvalue weighted by atomic mass is 14.9. The van der Waals surface area contributed by atoms with Gasteiger partial charge in [-0.15, -0.1) is 0 Å². The first-order valence-corrected chi connectivity index (χ1v) is 2.54. The first-order valence-electron chi connectivity index (χ1n) is 2.54. The van der Waals surface area contributed by atoms with Crippen LogP contribution in [0.2, 0.25) is 0 Å². The first-order chi connectivity index (χ1) is 3.27. The summed E-state index contributed by atoms with van der Waals surface area (Å²) in [6.45, 7) is 6.71. The van der Waals surface area contributed by atoms with Crippen LogP contribution in [-0.4, -0.2) is 6.67 Å². The molecule has 0 rings (SSSR count). The van der Waals surface area contributed by atoms with E-state index in [0.717, 1.165) is 0 Å². The van der Waals surface area contributed by atoms with Gasteiger partial charge < -0.3 is 11.1 Å². The van der Waals surface area contributed by atoms with E-state index in [0.29, 0.717) is 12.6 Å². The van der Waals surface area contributed by atoms with E-state index >= 15 is 0 Å². The fraction of sp³-hybridized carbons (Fsp3) is 0.800. The highest BCUT2D eigenvalue weighted by Gasteiger charge is 1.87. The highest BCUT2D eigenvalue weighted by molar-refractivity contribution is 4.62. The molecule has 0 amide bonds. The number of rotatable bonds is 3. The summed E-state index contributed by atoms with van der Waals surface area (Å²) in [4.78, 5) is 0. The Bertz CT molecular complexity index is 35.1. The van der Waals surface area contributed by atoms with Crippen LogP contribution in [0, 0.1) is 12.5 Å². The molecule has 0 saturated carbocycles. The Kier molecular flexibility index (Phi) is 4.04. The predicted octanol–water partition coefficient (Wildman–Crippen LogP) is 0.310. The van der Waals surface area contributed by atoms with Gasteiger partial charge >= 0.3 is 0 Å². The van der Waals surface area contributed by atoms with E-state index in [4.69, 9.17) is 5.73 Å². The summed E-state index contributed by atoms with van der Waals surface area (Å²) in [5, 5.41) is 2.90. The van der Waals surface area contributed by atoms with Crippen molar-refractivity contribution in [2.75, 3.05) is 6.67 Å². The van der Waals surface area contributed by atoms with Crippen LogP contribution in [0.15, 0.2) is 0 Å². The Morgan fingerprint density at radius 1 is 1.71 bits per heavy atom. The SMILES string of the molecule is CC(C)[CH]NCN. The third-order valence-corrected chi connectivity index (χ3v) is 0.569. The smallest absolute Gasteiger partial charge is 0.0431 e. The lowest BCUT2D eigenvalue weighted by Crippen LogP contribution is -2.21. The van der Waals surface area contributed by atoms with Crippen LogP contribution in [-0.2, 0) is 0 Å². The minimum atomic E-state index is 0.540. The Hall–Kier alpha value is -0.0800. The second-order valence-corrected chi connectivity index (χ2v) is 1.82. The molecular formula is C5H13N2. The summed E-state index contributed by atoms with van der Waals surface area (Å²) in [7, 11) is 0. The van der Waals surface area contributed by atoms with E-state index in [2.05, 4.69) is 19.2 Å². The van der Waals surface area contributed by atoms with Crippen molar-refractivity contribution in [2.24, 2.45) is 11.7 Å². The molecule has 0 aromatic rings. The molecule has 0 spiro atoms. The van der Waals surface area contributed by atoms with Crippen LogP contribution in [0.25, 0.3) is 0 Å². The van der Waals surface area contributed by atoms with E-state index in [-0.39, 0.29) is 0 Å². The van der Waals surface area contributed by atoms with Gasteiger partial charge in [0, 0.05) is 13.2 Å². The molecule has 0 atom stereocenters. The third-order valence-electron chi connectivity index (χ3n) is 0.569. The third kappa shape index (κ3) is 5.92. The molecule has 7 heavy (non-hydrogen) atoms. The fourth-order valence-corrected chi connectivity index (χ4v) is 0.304. The van der Waals surface area contributed by atoms with Gasteiger partial charge in [0.25, 0.3) is 0 Å². The summed E-state index contributed by atoms with van der Waals surface area (Å²) < 4.78 is 0. The molecule has 0 aromatic carbocycles. The summed E-state index contributed by atoms with van der Waals surface area (Å²) in [5.74, 6) is 0.587. The van der Waals surface area contributed by atoms with Gasteiger partial charge in [-0.2, -0.15) is 0 Å². The Balaban J connectivity index is 2.68. The van der Waals surface area contributed by atoms with Crippen molar-refractivity contribution in [1.29, 1.82) is 0 Å². The van der Waals surface area contributed by atoms with Gasteiger partial charge in [0.15, 0.2) is 0 Å². The maximum atomic E-state index is 5.13. The quantitative estimate of drug-likeness (QED) is 0.502. The number of nitrogens with one attached hydrogen (secondary N) is 1. The maximum absolute atomic E-state index is 5.13. The summed E-state index contributed by atoms with van der Waals surface area (Å²) in [5.41, 5.74) is 5.13. The van der Waals surface area contributed by atoms with Crippen molar-refractivity contribution in [3.8, 4) is 0 Å². The molecule has 0 aliphatic carbocycles. The monoisotopic (exact) mass is 101 g/mol. The van der Waals surface area contributed by atoms with Crippen molar-refractivity contribution in [1.82, 2.24) is 5.32 Å². The van der Waals surface area contributed by atoms with Gasteiger partial charge in [0.05, 0.1) is 0 Å². The average Bonchev–Trinajstić information content (AvgIpc) is 1.61. The molecule has 0 saturated heterocycles. The Labute approximate surface area is 45.1 Å². The zero-order valence-electron chi connectivity index (χ0n) is 4.94. The standard InChI is InChI=1S/C5H13N2/c1-5(2)3-7-4-6/h3,5,7H,4,6H2,1-2H3. The molecule has 1 radical (unpaired) electrons. The van der Waals surface area contributed by atoms with Crippen molar-refractivity contribution in [3.63, 3.8) is 0 Å². The lowest BCUT2D eigenvalue weighted by molar-refractivity contribution is 0.650. The lowest BCUT2D eigenvalue weighted by Gasteiger charge is -2.01. The predicted molar refractivity (Wildman–Crippen MR) is 31.3 cm³/mol. The van der Waals surface area contributed by atoms with Gasteiger partial charge in [-0.25, -0.2) is 0 Å². The van der Waals surface area contributed by atoms with E-state index in [1.165, 1.54) is 0 Å². The number of hydrogen-bond acceptors (Lipinski definition) is 2. The first kappa shape index (κ1) is 6.92. The van der Waals surface area contributed by atoms with Crippen LogP contribution in [0.1, 0.15) is 13.8 Å². The number of nitrogens with two attached hydrogens (primary N) is 1. The van der Waals surface area contributed by atoms with Crippen molar-refractivity contribution in [3.05, 3.63) is 6.54 Å². The fourth-order valence-electron chi connectivity index (χ4n) is 0.304. The second-order valence-electron chi connectivity index (χ2n) is 1.82. The molecule has 0 aromatic heterocycles. The van der Waals surface area contributed by atoms with Gasteiger partial charge in [-0.05, 0) is 5.92 Å². The van der Waals surface area contributed by atoms with Crippen molar-refractivity contribution < 1.29 is 0 Å². The Morgan fingerprint density at radius 3 is 2.43 bits per heavy atom. The molecule has 0 unspecified atom stereocenters. The van der Waals surface area contributed by atoms with Gasteiger partial charge in [-0.1, -0.05) is 13.8 Å². The summed E-state index contributed by atoms with van der Waals surface area (Å²) in [6.07, 6.45) is 0. The second kappa shape index (κ2) is 4.09. The normalized spacial score (nSPS) is 10.3.